The van der Waals surface area contributed by atoms with Gasteiger partial charge in [-0.2, -0.15) is 0 Å². The van der Waals surface area contributed by atoms with Crippen molar-refractivity contribution in [1.29, 1.82) is 0 Å². The molecule has 4 heteroatoms. The summed E-state index contributed by atoms with van der Waals surface area (Å²) < 4.78 is 5.46. The molecule has 1 aromatic carbocycles. The average molecular weight is 292 g/mol. The molecule has 1 saturated heterocycles. The van der Waals surface area contributed by atoms with E-state index in [4.69, 9.17) is 4.74 Å². The van der Waals surface area contributed by atoms with Crippen molar-refractivity contribution in [3.63, 3.8) is 0 Å². The minimum Gasteiger partial charge on any atom is -0.496 e. The van der Waals surface area contributed by atoms with E-state index in [0.29, 0.717) is 6.04 Å². The second-order valence-electron chi connectivity index (χ2n) is 5.94. The van der Waals surface area contributed by atoms with E-state index >= 15 is 0 Å². The summed E-state index contributed by atoms with van der Waals surface area (Å²) in [6.07, 6.45) is 1.71. The maximum Gasteiger partial charge on any atom is 0.126 e. The predicted molar refractivity (Wildman–Crippen MR) is 87.2 cm³/mol. The highest BCUT2D eigenvalue weighted by atomic mass is 16.5. The smallest absolute Gasteiger partial charge is 0.126 e. The van der Waals surface area contributed by atoms with Gasteiger partial charge in [-0.1, -0.05) is 13.0 Å². The Morgan fingerprint density at radius 1 is 1.38 bits per heavy atom. The van der Waals surface area contributed by atoms with Crippen LogP contribution < -0.4 is 9.64 Å². The molecule has 1 aromatic rings. The first-order valence-corrected chi connectivity index (χ1v) is 7.88. The third-order valence-electron chi connectivity index (χ3n) is 4.36. The Labute approximate surface area is 128 Å². The maximum atomic E-state index is 10.2. The molecule has 0 bridgehead atoms. The van der Waals surface area contributed by atoms with E-state index in [1.165, 1.54) is 0 Å². The number of ether oxygens (including phenoxy) is 1. The first kappa shape index (κ1) is 16.1. The normalized spacial score (nSPS) is 22.0. The molecule has 0 amide bonds. The number of anilines is 1. The van der Waals surface area contributed by atoms with Gasteiger partial charge in [0.25, 0.3) is 0 Å². The lowest BCUT2D eigenvalue weighted by Gasteiger charge is -2.34. The van der Waals surface area contributed by atoms with E-state index in [1.54, 1.807) is 7.11 Å². The summed E-state index contributed by atoms with van der Waals surface area (Å²) in [6.45, 7) is 7.26. The van der Waals surface area contributed by atoms with Crippen LogP contribution in [0.2, 0.25) is 0 Å². The number of likely N-dealkylation sites (N-methyl/N-ethyl adjacent to an activating group) is 1. The van der Waals surface area contributed by atoms with Crippen LogP contribution in [-0.4, -0.2) is 49.8 Å². The first-order chi connectivity index (χ1) is 10.1. The Kier molecular flexibility index (Phi) is 5.48. The van der Waals surface area contributed by atoms with Gasteiger partial charge in [-0.05, 0) is 45.5 Å². The summed E-state index contributed by atoms with van der Waals surface area (Å²) in [5.41, 5.74) is 2.02. The van der Waals surface area contributed by atoms with Gasteiger partial charge in [-0.15, -0.1) is 0 Å². The molecule has 2 rings (SSSR count). The van der Waals surface area contributed by atoms with E-state index in [2.05, 4.69) is 29.8 Å². The zero-order chi connectivity index (χ0) is 15.4. The summed E-state index contributed by atoms with van der Waals surface area (Å²) in [5.74, 6) is 0.773. The molecule has 1 heterocycles. The predicted octanol–water partition coefficient (Wildman–Crippen LogP) is 2.67. The highest BCUT2D eigenvalue weighted by Crippen LogP contribution is 2.36. The van der Waals surface area contributed by atoms with Gasteiger partial charge in [-0.3, -0.25) is 0 Å². The van der Waals surface area contributed by atoms with Crippen LogP contribution in [0.3, 0.4) is 0 Å². The van der Waals surface area contributed by atoms with Gasteiger partial charge in [0.2, 0.25) is 0 Å². The second kappa shape index (κ2) is 7.14. The molecule has 0 radical (unpaired) electrons. The second-order valence-corrected chi connectivity index (χ2v) is 5.94. The van der Waals surface area contributed by atoms with Gasteiger partial charge in [0.05, 0.1) is 13.2 Å². The van der Waals surface area contributed by atoms with Gasteiger partial charge in [0.1, 0.15) is 5.75 Å². The summed E-state index contributed by atoms with van der Waals surface area (Å²) in [4.78, 5) is 4.85. The third-order valence-corrected chi connectivity index (χ3v) is 4.36. The zero-order valence-electron chi connectivity index (χ0n) is 13.7. The Morgan fingerprint density at radius 2 is 2.14 bits per heavy atom. The number of benzene rings is 1. The minimum atomic E-state index is -0.533. The SMILES string of the molecule is CCC1CN(C)CCCN1c1cccc(OC)c1C(C)O. The Hall–Kier alpha value is -1.26. The average Bonchev–Trinajstić information content (AvgIpc) is 2.67. The topological polar surface area (TPSA) is 35.9 Å². The minimum absolute atomic E-state index is 0.474. The Morgan fingerprint density at radius 3 is 2.76 bits per heavy atom. The first-order valence-electron chi connectivity index (χ1n) is 7.88. The van der Waals surface area contributed by atoms with Gasteiger partial charge in [-0.25, -0.2) is 0 Å². The molecular formula is C17H28N2O2. The molecule has 0 saturated carbocycles. The number of hydrogen-bond donors (Lipinski definition) is 1. The van der Waals surface area contributed by atoms with Crippen LogP contribution >= 0.6 is 0 Å². The molecule has 2 unspecified atom stereocenters. The van der Waals surface area contributed by atoms with Gasteiger partial charge in [0.15, 0.2) is 0 Å². The standard InChI is InChI=1S/C17H28N2O2/c1-5-14-12-18(3)10-7-11-19(14)15-8-6-9-16(21-4)17(15)13(2)20/h6,8-9,13-14,20H,5,7,10-12H2,1-4H3. The number of rotatable bonds is 4. The molecule has 2 atom stereocenters. The number of aliphatic hydroxyl groups is 1. The number of hydrogen-bond acceptors (Lipinski definition) is 4. The van der Waals surface area contributed by atoms with E-state index < -0.39 is 6.10 Å². The Bertz CT molecular complexity index is 462. The number of methoxy groups -OCH3 is 1. The fraction of sp³-hybridized carbons (Fsp3) is 0.647. The lowest BCUT2D eigenvalue weighted by Crippen LogP contribution is -2.40. The number of aliphatic hydroxyl groups excluding tert-OH is 1. The molecule has 1 fully saturated rings. The van der Waals surface area contributed by atoms with E-state index in [-0.39, 0.29) is 0 Å². The molecule has 21 heavy (non-hydrogen) atoms. The van der Waals surface area contributed by atoms with Gasteiger partial charge in [0, 0.05) is 30.4 Å². The van der Waals surface area contributed by atoms with Crippen molar-refractivity contribution in [2.45, 2.75) is 38.8 Å². The van der Waals surface area contributed by atoms with Crippen molar-refractivity contribution in [2.75, 3.05) is 38.7 Å². The van der Waals surface area contributed by atoms with E-state index in [1.807, 2.05) is 19.1 Å². The van der Waals surface area contributed by atoms with Crippen molar-refractivity contribution < 1.29 is 9.84 Å². The Balaban J connectivity index is 2.43. The van der Waals surface area contributed by atoms with Crippen molar-refractivity contribution in [2.24, 2.45) is 0 Å². The third kappa shape index (κ3) is 3.50. The van der Waals surface area contributed by atoms with Crippen molar-refractivity contribution in [3.8, 4) is 5.75 Å². The molecule has 0 aliphatic carbocycles. The zero-order valence-corrected chi connectivity index (χ0v) is 13.7. The number of nitrogens with zero attached hydrogens (tertiary/aromatic N) is 2. The van der Waals surface area contributed by atoms with E-state index in [0.717, 1.165) is 49.5 Å². The lowest BCUT2D eigenvalue weighted by atomic mass is 10.0. The summed E-state index contributed by atoms with van der Waals surface area (Å²) in [6, 6.07) is 6.53. The highest BCUT2D eigenvalue weighted by Gasteiger charge is 2.26. The van der Waals surface area contributed by atoms with Gasteiger partial charge < -0.3 is 19.6 Å². The molecular weight excluding hydrogens is 264 g/mol. The molecule has 1 aliphatic rings. The molecule has 0 spiro atoms. The summed E-state index contributed by atoms with van der Waals surface area (Å²) >= 11 is 0. The molecule has 0 aromatic heterocycles. The van der Waals surface area contributed by atoms with Crippen LogP contribution in [0.4, 0.5) is 5.69 Å². The highest BCUT2D eigenvalue weighted by molar-refractivity contribution is 5.61. The summed E-state index contributed by atoms with van der Waals surface area (Å²) in [5, 5.41) is 10.2. The summed E-state index contributed by atoms with van der Waals surface area (Å²) in [7, 11) is 3.85. The largest absolute Gasteiger partial charge is 0.496 e. The van der Waals surface area contributed by atoms with Crippen LogP contribution in [0.5, 0.6) is 5.75 Å². The maximum absolute atomic E-state index is 10.2. The monoisotopic (exact) mass is 292 g/mol. The van der Waals surface area contributed by atoms with Crippen LogP contribution in [0.25, 0.3) is 0 Å². The van der Waals surface area contributed by atoms with E-state index in [9.17, 15) is 5.11 Å². The molecule has 4 nitrogen and oxygen atoms in total. The van der Waals surface area contributed by atoms with Crippen molar-refractivity contribution in [3.05, 3.63) is 23.8 Å². The molecule has 1 aliphatic heterocycles. The van der Waals surface area contributed by atoms with Crippen LogP contribution in [0.15, 0.2) is 18.2 Å². The lowest BCUT2D eigenvalue weighted by molar-refractivity contribution is 0.194. The van der Waals surface area contributed by atoms with Crippen molar-refractivity contribution >= 4 is 5.69 Å². The molecule has 118 valence electrons. The van der Waals surface area contributed by atoms with Crippen LogP contribution in [0, 0.1) is 0 Å². The fourth-order valence-electron chi connectivity index (χ4n) is 3.29. The molecule has 1 N–H and O–H groups in total. The fourth-order valence-corrected chi connectivity index (χ4v) is 3.29. The quantitative estimate of drug-likeness (QED) is 0.925. The van der Waals surface area contributed by atoms with Gasteiger partial charge >= 0.3 is 0 Å². The van der Waals surface area contributed by atoms with Crippen LogP contribution in [0.1, 0.15) is 38.4 Å². The van der Waals surface area contributed by atoms with Crippen molar-refractivity contribution in [1.82, 2.24) is 4.90 Å². The van der Waals surface area contributed by atoms with Crippen LogP contribution in [-0.2, 0) is 0 Å².